The first-order valence-electron chi connectivity index (χ1n) is 10.1. The summed E-state index contributed by atoms with van der Waals surface area (Å²) in [6.07, 6.45) is -4.21. The number of benzene rings is 2. The van der Waals surface area contributed by atoms with Crippen LogP contribution in [0.15, 0.2) is 54.6 Å². The number of nitro groups is 1. The second-order valence-corrected chi connectivity index (χ2v) is 8.61. The van der Waals surface area contributed by atoms with Crippen molar-refractivity contribution in [3.63, 3.8) is 0 Å². The molecule has 5 atom stereocenters. The minimum atomic E-state index is -4.61. The van der Waals surface area contributed by atoms with E-state index in [9.17, 15) is 23.6 Å². The summed E-state index contributed by atoms with van der Waals surface area (Å²) in [7, 11) is -3.29. The molecule has 2 unspecified atom stereocenters. The van der Waals surface area contributed by atoms with E-state index in [-0.39, 0.29) is 18.0 Å². The molecule has 3 rings (SSSR count). The number of aliphatic hydroxyl groups excluding tert-OH is 1. The average Bonchev–Trinajstić information content (AvgIpc) is 2.79. The highest BCUT2D eigenvalue weighted by Crippen LogP contribution is 2.31. The molecule has 0 saturated carbocycles. The molecular weight excluding hydrogens is 458 g/mol. The van der Waals surface area contributed by atoms with Crippen LogP contribution in [0.25, 0.3) is 0 Å². The number of hydrogen-bond donors (Lipinski definition) is 1. The summed E-state index contributed by atoms with van der Waals surface area (Å²) in [4.78, 5) is 10.1. The topological polar surface area (TPSA) is 144 Å². The molecule has 0 aromatic heterocycles. The van der Waals surface area contributed by atoms with E-state index in [0.29, 0.717) is 6.61 Å². The second kappa shape index (κ2) is 11.0. The zero-order chi connectivity index (χ0) is 24.0. The van der Waals surface area contributed by atoms with E-state index >= 15 is 0 Å². The molecule has 0 spiro atoms. The lowest BCUT2D eigenvalue weighted by Gasteiger charge is -2.41. The van der Waals surface area contributed by atoms with Gasteiger partial charge in [-0.2, -0.15) is 8.42 Å². The number of nitrogens with zero attached hydrogens (tertiary/aromatic N) is 1. The minimum Gasteiger partial charge on any atom is -0.390 e. The summed E-state index contributed by atoms with van der Waals surface area (Å²) < 4.78 is 51.4. The Hall–Kier alpha value is -2.61. The lowest BCUT2D eigenvalue weighted by Crippen LogP contribution is -2.56. The van der Waals surface area contributed by atoms with Crippen LogP contribution in [0, 0.1) is 16.0 Å². The quantitative estimate of drug-likeness (QED) is 0.394. The summed E-state index contributed by atoms with van der Waals surface area (Å²) in [6.45, 7) is 1.96. The predicted octanol–water partition coefficient (Wildman–Crippen LogP) is 2.19. The van der Waals surface area contributed by atoms with Crippen molar-refractivity contribution in [1.29, 1.82) is 0 Å². The summed E-state index contributed by atoms with van der Waals surface area (Å²) in [5.41, 5.74) is 0.730. The van der Waals surface area contributed by atoms with Crippen LogP contribution in [0.5, 0.6) is 5.75 Å². The lowest BCUT2D eigenvalue weighted by atomic mass is 9.91. The Kier molecular flexibility index (Phi) is 8.35. The van der Waals surface area contributed by atoms with E-state index in [4.69, 9.17) is 22.6 Å². The molecule has 1 heterocycles. The van der Waals surface area contributed by atoms with Gasteiger partial charge in [0.05, 0.1) is 24.2 Å². The number of non-ortho nitro benzene ring substituents is 1. The molecule has 2 aromatic rings. The van der Waals surface area contributed by atoms with Crippen molar-refractivity contribution in [1.82, 2.24) is 0 Å². The number of nitro benzene ring substituents is 1. The smallest absolute Gasteiger partial charge is 0.390 e. The van der Waals surface area contributed by atoms with Crippen LogP contribution < -0.4 is 4.18 Å². The van der Waals surface area contributed by atoms with Gasteiger partial charge in [0.15, 0.2) is 6.29 Å². The normalized spacial score (nSPS) is 25.5. The number of hydrogen-bond acceptors (Lipinski definition) is 10. The van der Waals surface area contributed by atoms with Gasteiger partial charge in [-0.25, -0.2) is 4.18 Å². The minimum absolute atomic E-state index is 0.0546. The Balaban J connectivity index is 1.61. The van der Waals surface area contributed by atoms with Gasteiger partial charge in [-0.15, -0.1) is 0 Å². The average molecular weight is 483 g/mol. The molecular formula is C21H25NO10S. The van der Waals surface area contributed by atoms with Gasteiger partial charge in [0, 0.05) is 25.2 Å². The summed E-state index contributed by atoms with van der Waals surface area (Å²) in [5, 5.41) is 21.4. The third-order valence-corrected chi connectivity index (χ3v) is 5.97. The number of aliphatic hydroxyl groups is 1. The van der Waals surface area contributed by atoms with Crippen LogP contribution in [0.4, 0.5) is 5.69 Å². The molecule has 0 amide bonds. The molecule has 0 radical (unpaired) electrons. The zero-order valence-corrected chi connectivity index (χ0v) is 18.8. The van der Waals surface area contributed by atoms with Crippen LogP contribution in [-0.2, 0) is 35.4 Å². The fraction of sp³-hybridized carbons (Fsp3) is 0.429. The van der Waals surface area contributed by atoms with Crippen molar-refractivity contribution in [2.75, 3.05) is 13.7 Å². The predicted molar refractivity (Wildman–Crippen MR) is 114 cm³/mol. The van der Waals surface area contributed by atoms with Crippen molar-refractivity contribution < 1.29 is 41.0 Å². The highest BCUT2D eigenvalue weighted by Gasteiger charge is 2.46. The molecule has 1 aliphatic rings. The molecule has 11 nitrogen and oxygen atoms in total. The van der Waals surface area contributed by atoms with Crippen molar-refractivity contribution in [2.45, 2.75) is 38.1 Å². The molecule has 0 bridgehead atoms. The number of rotatable bonds is 10. The summed E-state index contributed by atoms with van der Waals surface area (Å²) >= 11 is 0. The molecule has 0 aliphatic carbocycles. The van der Waals surface area contributed by atoms with Crippen LogP contribution in [0.3, 0.4) is 0 Å². The molecule has 180 valence electrons. The van der Waals surface area contributed by atoms with Gasteiger partial charge in [-0.3, -0.25) is 10.1 Å². The van der Waals surface area contributed by atoms with Crippen molar-refractivity contribution >= 4 is 16.1 Å². The molecule has 1 saturated heterocycles. The largest absolute Gasteiger partial charge is 0.449 e. The maximum atomic E-state index is 12.4. The van der Waals surface area contributed by atoms with Gasteiger partial charge < -0.3 is 23.5 Å². The molecule has 33 heavy (non-hydrogen) atoms. The Labute approximate surface area is 191 Å². The van der Waals surface area contributed by atoms with E-state index in [1.54, 1.807) is 6.92 Å². The zero-order valence-electron chi connectivity index (χ0n) is 18.0. The van der Waals surface area contributed by atoms with Gasteiger partial charge in [-0.1, -0.05) is 37.3 Å². The number of ether oxygens (including phenoxy) is 3. The monoisotopic (exact) mass is 483 g/mol. The fourth-order valence-corrected chi connectivity index (χ4v) is 4.26. The fourth-order valence-electron chi connectivity index (χ4n) is 3.34. The Bertz CT molecular complexity index is 1010. The van der Waals surface area contributed by atoms with E-state index in [0.717, 1.165) is 29.8 Å². The standard InChI is InChI=1S/C21H25NO10S/c1-14-19(23)18(13-29-12-15-6-4-3-5-7-15)30-21(28-2)20(14)32-33(26,27)31-17-10-8-16(9-11-17)22(24)25/h3-11,14,18-21,23H,12-13H2,1-2H3/t14-,18?,19-,20?,21-/m0/s1. The van der Waals surface area contributed by atoms with Gasteiger partial charge in [0.25, 0.3) is 5.69 Å². The first-order valence-corrected chi connectivity index (χ1v) is 11.4. The molecule has 2 aromatic carbocycles. The van der Waals surface area contributed by atoms with E-state index in [1.807, 2.05) is 30.3 Å². The SMILES string of the molecule is CO[C@H]1OC(COCc2ccccc2)[C@@H](O)[C@H](C)C1OS(=O)(=O)Oc1ccc([N+](=O)[O-])cc1. The first kappa shape index (κ1) is 25.0. The molecule has 1 N–H and O–H groups in total. The van der Waals surface area contributed by atoms with Crippen molar-refractivity contribution in [2.24, 2.45) is 5.92 Å². The van der Waals surface area contributed by atoms with E-state index < -0.39 is 45.8 Å². The van der Waals surface area contributed by atoms with Crippen LogP contribution in [0.2, 0.25) is 0 Å². The maximum Gasteiger partial charge on any atom is 0.449 e. The Morgan fingerprint density at radius 1 is 1.12 bits per heavy atom. The van der Waals surface area contributed by atoms with Gasteiger partial charge in [0.1, 0.15) is 18.0 Å². The highest BCUT2D eigenvalue weighted by molar-refractivity contribution is 7.82. The summed E-state index contributed by atoms with van der Waals surface area (Å²) in [6, 6.07) is 13.9. The Morgan fingerprint density at radius 3 is 2.39 bits per heavy atom. The molecule has 12 heteroatoms. The van der Waals surface area contributed by atoms with E-state index in [2.05, 4.69) is 0 Å². The highest BCUT2D eigenvalue weighted by atomic mass is 32.3. The first-order chi connectivity index (χ1) is 15.7. The maximum absolute atomic E-state index is 12.4. The van der Waals surface area contributed by atoms with Crippen LogP contribution in [0.1, 0.15) is 12.5 Å². The molecule has 1 aliphatic heterocycles. The summed E-state index contributed by atoms with van der Waals surface area (Å²) in [5.74, 6) is -0.893. The lowest BCUT2D eigenvalue weighted by molar-refractivity contribution is -0.384. The van der Waals surface area contributed by atoms with Crippen molar-refractivity contribution in [3.05, 3.63) is 70.3 Å². The van der Waals surface area contributed by atoms with Gasteiger partial charge in [0.2, 0.25) is 0 Å². The third kappa shape index (κ3) is 6.69. The molecule has 1 fully saturated rings. The Morgan fingerprint density at radius 2 is 1.79 bits per heavy atom. The van der Waals surface area contributed by atoms with Crippen LogP contribution in [-0.4, -0.2) is 56.8 Å². The second-order valence-electron chi connectivity index (χ2n) is 7.43. The van der Waals surface area contributed by atoms with Crippen LogP contribution >= 0.6 is 0 Å². The number of methoxy groups -OCH3 is 1. The third-order valence-electron chi connectivity index (χ3n) is 5.12. The van der Waals surface area contributed by atoms with E-state index in [1.165, 1.54) is 7.11 Å². The van der Waals surface area contributed by atoms with Gasteiger partial charge in [-0.05, 0) is 17.7 Å². The van der Waals surface area contributed by atoms with Gasteiger partial charge >= 0.3 is 10.4 Å². The van der Waals surface area contributed by atoms with Crippen molar-refractivity contribution in [3.8, 4) is 5.75 Å².